The fourth-order valence-corrected chi connectivity index (χ4v) is 7.25. The van der Waals surface area contributed by atoms with Gasteiger partial charge in [0.05, 0.1) is 37.2 Å². The zero-order valence-corrected chi connectivity index (χ0v) is 24.6. The molecule has 2 bridgehead atoms. The SMILES string of the molecule is C=CCCCOC(=O)[C@@H]1[C@H]2C(=O)N([C@@H](CO)[C@@H](C)CC)C(C(=O)N(CC=C)c3ccc4ccccc4c3)C23CC[C@H]1O3. The van der Waals surface area contributed by atoms with Crippen LogP contribution in [-0.4, -0.2) is 71.3 Å². The number of hydrogen-bond donors (Lipinski definition) is 1. The first-order chi connectivity index (χ1) is 20.3. The number of benzene rings is 2. The molecular formula is C34H42N2O6. The van der Waals surface area contributed by atoms with E-state index in [0.29, 0.717) is 31.4 Å². The lowest BCUT2D eigenvalue weighted by Gasteiger charge is -2.41. The average molecular weight is 575 g/mol. The van der Waals surface area contributed by atoms with Gasteiger partial charge in [0.2, 0.25) is 5.91 Å². The smallest absolute Gasteiger partial charge is 0.312 e. The predicted molar refractivity (Wildman–Crippen MR) is 162 cm³/mol. The summed E-state index contributed by atoms with van der Waals surface area (Å²) >= 11 is 0. The highest BCUT2D eigenvalue weighted by Crippen LogP contribution is 2.59. The number of esters is 1. The average Bonchev–Trinajstić information content (AvgIpc) is 3.65. The van der Waals surface area contributed by atoms with Gasteiger partial charge in [-0.3, -0.25) is 14.4 Å². The van der Waals surface area contributed by atoms with E-state index in [4.69, 9.17) is 9.47 Å². The Labute approximate surface area is 248 Å². The van der Waals surface area contributed by atoms with E-state index in [-0.39, 0.29) is 37.5 Å². The van der Waals surface area contributed by atoms with Crippen molar-refractivity contribution in [3.8, 4) is 0 Å². The lowest BCUT2D eigenvalue weighted by Crippen LogP contribution is -2.60. The predicted octanol–water partition coefficient (Wildman–Crippen LogP) is 4.65. The highest BCUT2D eigenvalue weighted by atomic mass is 16.6. The molecule has 5 rings (SSSR count). The molecule has 3 aliphatic rings. The molecule has 8 heteroatoms. The molecule has 2 aromatic carbocycles. The number of carbonyl (C=O) groups is 3. The molecule has 3 saturated heterocycles. The molecule has 2 unspecified atom stereocenters. The number of likely N-dealkylation sites (tertiary alicyclic amines) is 1. The fraction of sp³-hybridized carbons (Fsp3) is 0.500. The summed E-state index contributed by atoms with van der Waals surface area (Å²) in [5.41, 5.74) is -0.499. The molecule has 0 aliphatic carbocycles. The van der Waals surface area contributed by atoms with E-state index in [9.17, 15) is 19.5 Å². The maximum atomic E-state index is 14.8. The molecule has 224 valence electrons. The van der Waals surface area contributed by atoms with Crippen LogP contribution in [0.5, 0.6) is 0 Å². The van der Waals surface area contributed by atoms with E-state index in [1.807, 2.05) is 56.3 Å². The van der Waals surface area contributed by atoms with Crippen molar-refractivity contribution in [3.63, 3.8) is 0 Å². The summed E-state index contributed by atoms with van der Waals surface area (Å²) in [5, 5.41) is 12.6. The Kier molecular flexibility index (Phi) is 8.85. The highest BCUT2D eigenvalue weighted by Gasteiger charge is 2.75. The van der Waals surface area contributed by atoms with Gasteiger partial charge in [-0.25, -0.2) is 0 Å². The number of ether oxygens (including phenoxy) is 2. The van der Waals surface area contributed by atoms with Gasteiger partial charge in [0, 0.05) is 12.2 Å². The summed E-state index contributed by atoms with van der Waals surface area (Å²) in [6, 6.07) is 12.1. The van der Waals surface area contributed by atoms with Crippen LogP contribution in [0.15, 0.2) is 67.8 Å². The third kappa shape index (κ3) is 4.94. The van der Waals surface area contributed by atoms with Crippen LogP contribution in [-0.2, 0) is 23.9 Å². The van der Waals surface area contributed by atoms with Gasteiger partial charge in [-0.15, -0.1) is 13.2 Å². The molecule has 3 fully saturated rings. The zero-order chi connectivity index (χ0) is 30.0. The second kappa shape index (κ2) is 12.4. The minimum absolute atomic E-state index is 0.0838. The van der Waals surface area contributed by atoms with Crippen LogP contribution in [0.1, 0.15) is 46.0 Å². The zero-order valence-electron chi connectivity index (χ0n) is 24.6. The minimum Gasteiger partial charge on any atom is -0.465 e. The normalized spacial score (nSPS) is 27.5. The van der Waals surface area contributed by atoms with Crippen LogP contribution in [0.2, 0.25) is 0 Å². The molecule has 1 N–H and O–H groups in total. The highest BCUT2D eigenvalue weighted by molar-refractivity contribution is 6.05. The number of carbonyl (C=O) groups excluding carboxylic acids is 3. The second-order valence-electron chi connectivity index (χ2n) is 11.8. The van der Waals surface area contributed by atoms with Gasteiger partial charge < -0.3 is 24.4 Å². The van der Waals surface area contributed by atoms with E-state index >= 15 is 0 Å². The molecule has 42 heavy (non-hydrogen) atoms. The van der Waals surface area contributed by atoms with Gasteiger partial charge in [-0.2, -0.15) is 0 Å². The number of hydrogen-bond acceptors (Lipinski definition) is 6. The molecule has 3 aliphatic heterocycles. The van der Waals surface area contributed by atoms with Gasteiger partial charge in [-0.1, -0.05) is 62.8 Å². The number of anilines is 1. The number of allylic oxidation sites excluding steroid dienone is 1. The lowest BCUT2D eigenvalue weighted by molar-refractivity contribution is -0.156. The maximum Gasteiger partial charge on any atom is 0.312 e. The number of aliphatic hydroxyl groups excluding tert-OH is 1. The molecular weight excluding hydrogens is 532 g/mol. The first kappa shape index (κ1) is 30.0. The molecule has 0 saturated carbocycles. The Hall–Kier alpha value is -3.49. The van der Waals surface area contributed by atoms with E-state index in [0.717, 1.165) is 17.2 Å². The molecule has 1 spiro atoms. The summed E-state index contributed by atoms with van der Waals surface area (Å²) in [6.45, 7) is 11.7. The third-order valence-corrected chi connectivity index (χ3v) is 9.51. The Morgan fingerprint density at radius 1 is 1.21 bits per heavy atom. The van der Waals surface area contributed by atoms with Crippen molar-refractivity contribution >= 4 is 34.2 Å². The topological polar surface area (TPSA) is 96.4 Å². The van der Waals surface area contributed by atoms with Gasteiger partial charge in [0.1, 0.15) is 11.6 Å². The number of rotatable bonds is 13. The van der Waals surface area contributed by atoms with E-state index in [1.165, 1.54) is 0 Å². The number of aliphatic hydroxyl groups is 1. The van der Waals surface area contributed by atoms with Crippen LogP contribution in [0.25, 0.3) is 10.8 Å². The summed E-state index contributed by atoms with van der Waals surface area (Å²) in [5.74, 6) is -2.81. The maximum absolute atomic E-state index is 14.8. The number of amides is 2. The van der Waals surface area contributed by atoms with Gasteiger partial charge in [0.25, 0.3) is 5.91 Å². The van der Waals surface area contributed by atoms with Crippen molar-refractivity contribution in [1.29, 1.82) is 0 Å². The van der Waals surface area contributed by atoms with E-state index < -0.39 is 41.6 Å². The van der Waals surface area contributed by atoms with Crippen molar-refractivity contribution in [1.82, 2.24) is 4.90 Å². The monoisotopic (exact) mass is 574 g/mol. The van der Waals surface area contributed by atoms with Crippen molar-refractivity contribution in [2.24, 2.45) is 17.8 Å². The quantitative estimate of drug-likeness (QED) is 0.213. The lowest BCUT2D eigenvalue weighted by atomic mass is 9.70. The molecule has 3 heterocycles. The van der Waals surface area contributed by atoms with Gasteiger partial charge in [-0.05, 0) is 54.5 Å². The summed E-state index contributed by atoms with van der Waals surface area (Å²) in [6.07, 6.45) is 6.03. The molecule has 7 atom stereocenters. The number of fused-ring (bicyclic) bond motifs is 2. The molecule has 0 aromatic heterocycles. The third-order valence-electron chi connectivity index (χ3n) is 9.51. The first-order valence-electron chi connectivity index (χ1n) is 15.1. The van der Waals surface area contributed by atoms with Gasteiger partial charge >= 0.3 is 5.97 Å². The molecule has 8 nitrogen and oxygen atoms in total. The van der Waals surface area contributed by atoms with Crippen LogP contribution in [0, 0.1) is 17.8 Å². The Morgan fingerprint density at radius 2 is 1.98 bits per heavy atom. The van der Waals surface area contributed by atoms with Crippen LogP contribution < -0.4 is 4.90 Å². The summed E-state index contributed by atoms with van der Waals surface area (Å²) < 4.78 is 12.2. The minimum atomic E-state index is -1.18. The Morgan fingerprint density at radius 3 is 2.67 bits per heavy atom. The summed E-state index contributed by atoms with van der Waals surface area (Å²) in [4.78, 5) is 45.8. The Balaban J connectivity index is 1.56. The van der Waals surface area contributed by atoms with Crippen molar-refractivity contribution in [2.45, 2.75) is 69.7 Å². The van der Waals surface area contributed by atoms with Crippen LogP contribution in [0.3, 0.4) is 0 Å². The fourth-order valence-electron chi connectivity index (χ4n) is 7.25. The van der Waals surface area contributed by atoms with Crippen molar-refractivity contribution in [3.05, 3.63) is 67.8 Å². The molecule has 2 amide bonds. The second-order valence-corrected chi connectivity index (χ2v) is 11.8. The molecule has 0 radical (unpaired) electrons. The van der Waals surface area contributed by atoms with E-state index in [2.05, 4.69) is 13.2 Å². The van der Waals surface area contributed by atoms with Crippen LogP contribution >= 0.6 is 0 Å². The number of nitrogens with zero attached hydrogens (tertiary/aromatic N) is 2. The van der Waals surface area contributed by atoms with Gasteiger partial charge in [0.15, 0.2) is 0 Å². The molecule has 2 aromatic rings. The van der Waals surface area contributed by atoms with Crippen molar-refractivity contribution in [2.75, 3.05) is 24.7 Å². The Bertz CT molecular complexity index is 1360. The number of unbranched alkanes of at least 4 members (excludes halogenated alkanes) is 1. The summed E-state index contributed by atoms with van der Waals surface area (Å²) in [7, 11) is 0. The largest absolute Gasteiger partial charge is 0.465 e. The first-order valence-corrected chi connectivity index (χ1v) is 15.1. The van der Waals surface area contributed by atoms with Crippen molar-refractivity contribution < 1.29 is 29.0 Å². The van der Waals surface area contributed by atoms with E-state index in [1.54, 1.807) is 22.0 Å². The van der Waals surface area contributed by atoms with Crippen LogP contribution in [0.4, 0.5) is 5.69 Å². The standard InChI is InChI=1S/C34H42N2O6/c1-5-8-11-19-41-33(40)28-27-16-17-34(42-27)29(28)31(38)36(26(21-37)22(4)7-3)30(34)32(39)35(18-6-2)25-15-14-23-12-9-10-13-24(23)20-25/h5-6,9-10,12-15,20,22,26-30,37H,1-2,7-8,11,16-19,21H2,3-4H3/t22-,26-,27+,28-,29-,30?,34?/m0/s1.